The highest BCUT2D eigenvalue weighted by molar-refractivity contribution is 7.10. The number of nitrogens with one attached hydrogen (secondary N) is 2. The molecule has 16 heteroatoms. The van der Waals surface area contributed by atoms with Gasteiger partial charge in [-0.1, -0.05) is 6.42 Å². The number of Topliss-reactive ketones (excluding diaryl/α,β-unsaturated/α-hetero) is 1. The highest BCUT2D eigenvalue weighted by atomic mass is 32.1. The van der Waals surface area contributed by atoms with Gasteiger partial charge < -0.3 is 15.5 Å². The predicted octanol–water partition coefficient (Wildman–Crippen LogP) is 2.52. The van der Waals surface area contributed by atoms with Gasteiger partial charge in [0.2, 0.25) is 11.8 Å². The molecule has 0 aromatic carbocycles. The Bertz CT molecular complexity index is 1090. The van der Waals surface area contributed by atoms with Gasteiger partial charge in [-0.25, -0.2) is 4.98 Å². The Balaban J connectivity index is 1.54. The van der Waals surface area contributed by atoms with E-state index in [9.17, 15) is 45.5 Å². The van der Waals surface area contributed by atoms with E-state index in [1.165, 1.54) is 0 Å². The van der Waals surface area contributed by atoms with E-state index in [4.69, 9.17) is 0 Å². The third-order valence-electron chi connectivity index (χ3n) is 7.15. The second-order valence-corrected chi connectivity index (χ2v) is 10.4. The summed E-state index contributed by atoms with van der Waals surface area (Å²) in [4.78, 5) is 55.7. The van der Waals surface area contributed by atoms with Crippen LogP contribution in [0.1, 0.15) is 47.6 Å². The van der Waals surface area contributed by atoms with Crippen molar-refractivity contribution < 1.29 is 50.3 Å². The summed E-state index contributed by atoms with van der Waals surface area (Å²) in [7, 11) is 0. The van der Waals surface area contributed by atoms with Gasteiger partial charge in [-0.15, -0.1) is 24.5 Å². The van der Waals surface area contributed by atoms with Gasteiger partial charge >= 0.3 is 12.5 Å². The maximum absolute atomic E-state index is 13.5. The summed E-state index contributed by atoms with van der Waals surface area (Å²) in [6.07, 6.45) is -7.84. The number of ketones is 1. The molecule has 1 aliphatic carbocycles. The van der Waals surface area contributed by atoms with Gasteiger partial charge in [0.15, 0.2) is 10.8 Å². The van der Waals surface area contributed by atoms with Crippen molar-refractivity contribution in [1.82, 2.24) is 20.5 Å². The third-order valence-corrected chi connectivity index (χ3v) is 8.04. The summed E-state index contributed by atoms with van der Waals surface area (Å²) in [6, 6.07) is -2.67. The molecule has 38 heavy (non-hydrogen) atoms. The Morgan fingerprint density at radius 2 is 1.92 bits per heavy atom. The number of aromatic nitrogens is 1. The lowest BCUT2D eigenvalue weighted by atomic mass is 9.92. The van der Waals surface area contributed by atoms with Crippen molar-refractivity contribution in [3.05, 3.63) is 16.1 Å². The quantitative estimate of drug-likeness (QED) is 0.464. The van der Waals surface area contributed by atoms with Gasteiger partial charge in [-0.3, -0.25) is 23.9 Å². The molecule has 2 saturated heterocycles. The smallest absolute Gasteiger partial charge is 0.356 e. The van der Waals surface area contributed by atoms with Crippen molar-refractivity contribution >= 4 is 34.8 Å². The minimum atomic E-state index is -5.09. The molecule has 210 valence electrons. The van der Waals surface area contributed by atoms with E-state index in [2.05, 4.69) is 20.4 Å². The molecule has 9 nitrogen and oxygen atoms in total. The summed E-state index contributed by atoms with van der Waals surface area (Å²) in [5.41, 5.74) is -0.478. The summed E-state index contributed by atoms with van der Waals surface area (Å²) in [5, 5.41) is 4.70. The van der Waals surface area contributed by atoms with Crippen molar-refractivity contribution in [3.8, 4) is 0 Å². The second kappa shape index (κ2) is 10.8. The fourth-order valence-electron chi connectivity index (χ4n) is 5.44. The van der Waals surface area contributed by atoms with Gasteiger partial charge in [0.25, 0.3) is 5.91 Å². The molecule has 3 heterocycles. The topological polar surface area (TPSA) is 118 Å². The molecule has 3 amide bonds. The van der Waals surface area contributed by atoms with Gasteiger partial charge in [0.1, 0.15) is 18.3 Å². The van der Waals surface area contributed by atoms with Gasteiger partial charge in [0.05, 0.1) is 6.04 Å². The summed E-state index contributed by atoms with van der Waals surface area (Å²) < 4.78 is 80.2. The lowest BCUT2D eigenvalue weighted by molar-refractivity contribution is -0.321. The molecule has 3 fully saturated rings. The minimum Gasteiger partial charge on any atom is -0.356 e. The van der Waals surface area contributed by atoms with Crippen molar-refractivity contribution in [2.75, 3.05) is 19.7 Å². The molecule has 0 spiro atoms. The van der Waals surface area contributed by atoms with Crippen molar-refractivity contribution in [1.29, 1.82) is 0 Å². The number of hydrogen-bond donors (Lipinski definition) is 2. The standard InChI is InChI=1S/C22H24F6N4O5S/c23-21(24,25)20-31-14(9-38-20)19(36)32-7-11-2-1-3-12(11)16(32)18(35)30-13(6-10-4-5-29-17(10)34)15(33)8-37-22(26,27)28/h9-13,16H,1-8H2,(H,29,34)(H,30,35)/t10-,11-,12-,13-,16-/m0/s1. The van der Waals surface area contributed by atoms with Gasteiger partial charge in [-0.05, 0) is 37.5 Å². The molecule has 2 aliphatic heterocycles. The number of hydrogen-bond acceptors (Lipinski definition) is 7. The van der Waals surface area contributed by atoms with E-state index in [0.29, 0.717) is 25.8 Å². The van der Waals surface area contributed by atoms with Crippen LogP contribution in [0.25, 0.3) is 0 Å². The maximum atomic E-state index is 13.5. The van der Waals surface area contributed by atoms with Gasteiger partial charge in [-0.2, -0.15) is 13.2 Å². The zero-order valence-electron chi connectivity index (χ0n) is 19.7. The van der Waals surface area contributed by atoms with E-state index in [-0.39, 0.29) is 36.1 Å². The Morgan fingerprint density at radius 3 is 2.53 bits per heavy atom. The van der Waals surface area contributed by atoms with Crippen molar-refractivity contribution in [3.63, 3.8) is 0 Å². The highest BCUT2D eigenvalue weighted by Crippen LogP contribution is 2.43. The number of halogens is 6. The lowest BCUT2D eigenvalue weighted by Crippen LogP contribution is -2.54. The molecule has 1 saturated carbocycles. The largest absolute Gasteiger partial charge is 0.522 e. The van der Waals surface area contributed by atoms with Crippen molar-refractivity contribution in [2.24, 2.45) is 17.8 Å². The molecule has 1 aromatic rings. The van der Waals surface area contributed by atoms with Crippen LogP contribution in [-0.2, 0) is 25.3 Å². The molecular formula is C22H24F6N4O5S. The predicted molar refractivity (Wildman–Crippen MR) is 117 cm³/mol. The number of thiazole rings is 1. The normalized spacial score (nSPS) is 26.3. The van der Waals surface area contributed by atoms with E-state index >= 15 is 0 Å². The van der Waals surface area contributed by atoms with Crippen molar-refractivity contribution in [2.45, 2.75) is 56.7 Å². The fraction of sp³-hybridized carbons (Fsp3) is 0.682. The number of likely N-dealkylation sites (tertiary alicyclic amines) is 1. The summed E-state index contributed by atoms with van der Waals surface area (Å²) in [5.74, 6) is -4.43. The maximum Gasteiger partial charge on any atom is 0.522 e. The van der Waals surface area contributed by atoms with Crippen LogP contribution in [0, 0.1) is 17.8 Å². The van der Waals surface area contributed by atoms with E-state index in [1.54, 1.807) is 0 Å². The molecule has 3 aliphatic rings. The fourth-order valence-corrected chi connectivity index (χ4v) is 6.10. The molecular weight excluding hydrogens is 546 g/mol. The van der Waals surface area contributed by atoms with E-state index in [1.807, 2.05) is 0 Å². The Morgan fingerprint density at radius 1 is 1.18 bits per heavy atom. The van der Waals surface area contributed by atoms with Crippen LogP contribution in [0.4, 0.5) is 26.3 Å². The average molecular weight is 571 g/mol. The summed E-state index contributed by atoms with van der Waals surface area (Å²) in [6.45, 7) is -0.998. The summed E-state index contributed by atoms with van der Waals surface area (Å²) >= 11 is 0.242. The first-order valence-electron chi connectivity index (χ1n) is 11.9. The number of fused-ring (bicyclic) bond motifs is 1. The molecule has 5 atom stereocenters. The van der Waals surface area contributed by atoms with Crippen LogP contribution in [0.3, 0.4) is 0 Å². The molecule has 0 unspecified atom stereocenters. The number of alkyl halides is 6. The molecule has 0 bridgehead atoms. The SMILES string of the molecule is O=C1NCC[C@H]1C[C@H](NC(=O)[C@@H]1[C@H]2CCC[C@H]2CN1C(=O)c1csc(C(F)(F)F)n1)C(=O)COC(F)(F)F. The Kier molecular flexibility index (Phi) is 8.02. The molecule has 1 aromatic heterocycles. The third kappa shape index (κ3) is 6.27. The molecule has 0 radical (unpaired) electrons. The number of rotatable bonds is 8. The van der Waals surface area contributed by atoms with Crippen LogP contribution in [0.5, 0.6) is 0 Å². The number of carbonyl (C=O) groups is 4. The number of amides is 3. The molecule has 2 N–H and O–H groups in total. The van der Waals surface area contributed by atoms with Crippen LogP contribution >= 0.6 is 11.3 Å². The lowest BCUT2D eigenvalue weighted by Gasteiger charge is -2.29. The zero-order chi connectivity index (χ0) is 27.8. The zero-order valence-corrected chi connectivity index (χ0v) is 20.5. The Hall–Kier alpha value is -2.75. The van der Waals surface area contributed by atoms with Crippen LogP contribution in [-0.4, -0.2) is 71.5 Å². The minimum absolute atomic E-state index is 0.0846. The number of carbonyl (C=O) groups excluding carboxylic acids is 4. The van der Waals surface area contributed by atoms with Crippen LogP contribution in [0.15, 0.2) is 5.38 Å². The van der Waals surface area contributed by atoms with Crippen LogP contribution < -0.4 is 10.6 Å². The first kappa shape index (κ1) is 28.3. The first-order valence-corrected chi connectivity index (χ1v) is 12.8. The highest BCUT2D eigenvalue weighted by Gasteiger charge is 2.51. The number of ether oxygens (including phenoxy) is 1. The van der Waals surface area contributed by atoms with E-state index < -0.39 is 71.4 Å². The second-order valence-electron chi connectivity index (χ2n) is 9.57. The monoisotopic (exact) mass is 570 g/mol. The Labute approximate surface area is 216 Å². The van der Waals surface area contributed by atoms with Gasteiger partial charge in [0, 0.05) is 24.4 Å². The number of nitrogens with zero attached hydrogens (tertiary/aromatic N) is 2. The van der Waals surface area contributed by atoms with Crippen LogP contribution in [0.2, 0.25) is 0 Å². The van der Waals surface area contributed by atoms with E-state index in [0.717, 1.165) is 16.7 Å². The average Bonchev–Trinajstić information content (AvgIpc) is 3.60. The first-order chi connectivity index (χ1) is 17.7. The molecule has 4 rings (SSSR count).